The number of nitrogens with zero attached hydrogens (tertiary/aromatic N) is 2. The van der Waals surface area contributed by atoms with Crippen LogP contribution in [0.5, 0.6) is 11.5 Å². The number of nitrogens with one attached hydrogen (secondary N) is 2. The van der Waals surface area contributed by atoms with Crippen molar-refractivity contribution in [2.24, 2.45) is 0 Å². The Morgan fingerprint density at radius 3 is 2.88 bits per heavy atom. The van der Waals surface area contributed by atoms with Crippen molar-refractivity contribution >= 4 is 11.7 Å². The summed E-state index contributed by atoms with van der Waals surface area (Å²) in [5.74, 6) is 2.94. The van der Waals surface area contributed by atoms with Crippen molar-refractivity contribution in [1.82, 2.24) is 14.9 Å². The summed E-state index contributed by atoms with van der Waals surface area (Å²) in [6.07, 6.45) is 6.19. The molecule has 1 fully saturated rings. The molecule has 0 unspecified atom stereocenters. The molecule has 0 atom stereocenters. The van der Waals surface area contributed by atoms with Gasteiger partial charge in [0.15, 0.2) is 0 Å². The molecule has 1 heterocycles. The van der Waals surface area contributed by atoms with E-state index >= 15 is 0 Å². The second kappa shape index (κ2) is 7.25. The molecule has 1 saturated carbocycles. The highest BCUT2D eigenvalue weighted by Crippen LogP contribution is 2.38. The molecule has 0 bridgehead atoms. The number of aromatic nitrogens is 2. The molecule has 24 heavy (non-hydrogen) atoms. The van der Waals surface area contributed by atoms with Crippen LogP contribution in [-0.4, -0.2) is 36.3 Å². The normalized spacial score (nSPS) is 13.4. The summed E-state index contributed by atoms with van der Waals surface area (Å²) in [5, 5.41) is 5.64. The molecule has 3 rings (SSSR count). The fraction of sp³-hybridized carbons (Fsp3) is 0.412. The minimum atomic E-state index is -0.272. The van der Waals surface area contributed by atoms with Crippen LogP contribution in [0.15, 0.2) is 30.6 Å². The number of imidazole rings is 1. The lowest BCUT2D eigenvalue weighted by Crippen LogP contribution is -2.31. The molecule has 2 amide bonds. The Morgan fingerprint density at radius 1 is 1.33 bits per heavy atom. The maximum atomic E-state index is 12.1. The van der Waals surface area contributed by atoms with Crippen LogP contribution in [0.4, 0.5) is 10.5 Å². The van der Waals surface area contributed by atoms with Crippen molar-refractivity contribution in [3.05, 3.63) is 36.4 Å². The first-order valence-corrected chi connectivity index (χ1v) is 7.99. The number of ether oxygens (including phenoxy) is 2. The summed E-state index contributed by atoms with van der Waals surface area (Å²) in [6, 6.07) is 4.97. The van der Waals surface area contributed by atoms with Gasteiger partial charge < -0.3 is 24.7 Å². The lowest BCUT2D eigenvalue weighted by Gasteiger charge is -2.13. The lowest BCUT2D eigenvalue weighted by atomic mass is 10.2. The summed E-state index contributed by atoms with van der Waals surface area (Å²) >= 11 is 0. The zero-order valence-corrected chi connectivity index (χ0v) is 13.9. The maximum absolute atomic E-state index is 12.1. The molecular weight excluding hydrogens is 308 g/mol. The molecule has 0 saturated heterocycles. The van der Waals surface area contributed by atoms with Crippen molar-refractivity contribution in [3.63, 3.8) is 0 Å². The maximum Gasteiger partial charge on any atom is 0.319 e. The summed E-state index contributed by atoms with van der Waals surface area (Å²) in [4.78, 5) is 16.4. The number of amides is 2. The number of rotatable bonds is 7. The molecule has 0 aliphatic heterocycles. The van der Waals surface area contributed by atoms with Crippen molar-refractivity contribution in [1.29, 1.82) is 0 Å². The number of hydrogen-bond acceptors (Lipinski definition) is 4. The molecule has 0 spiro atoms. The Balaban J connectivity index is 1.51. The van der Waals surface area contributed by atoms with Crippen LogP contribution in [0.25, 0.3) is 0 Å². The number of anilines is 1. The van der Waals surface area contributed by atoms with Gasteiger partial charge in [0.1, 0.15) is 17.3 Å². The first-order chi connectivity index (χ1) is 11.7. The average molecular weight is 330 g/mol. The number of methoxy groups -OCH3 is 2. The van der Waals surface area contributed by atoms with Crippen LogP contribution in [0.3, 0.4) is 0 Å². The van der Waals surface area contributed by atoms with Gasteiger partial charge in [0, 0.05) is 37.5 Å². The zero-order chi connectivity index (χ0) is 16.9. The molecule has 1 aromatic heterocycles. The van der Waals surface area contributed by atoms with Crippen LogP contribution in [-0.2, 0) is 6.54 Å². The second-order valence-corrected chi connectivity index (χ2v) is 5.70. The summed E-state index contributed by atoms with van der Waals surface area (Å²) < 4.78 is 12.5. The third kappa shape index (κ3) is 3.79. The Labute approximate surface area is 141 Å². The van der Waals surface area contributed by atoms with Gasteiger partial charge in [-0.3, -0.25) is 0 Å². The van der Waals surface area contributed by atoms with E-state index in [4.69, 9.17) is 9.47 Å². The topological polar surface area (TPSA) is 77.4 Å². The van der Waals surface area contributed by atoms with Crippen molar-refractivity contribution in [3.8, 4) is 11.5 Å². The van der Waals surface area contributed by atoms with E-state index in [0.717, 1.165) is 5.82 Å². The van der Waals surface area contributed by atoms with E-state index in [0.29, 0.717) is 36.2 Å². The van der Waals surface area contributed by atoms with Gasteiger partial charge >= 0.3 is 6.03 Å². The molecular formula is C17H22N4O3. The van der Waals surface area contributed by atoms with Gasteiger partial charge in [0.25, 0.3) is 0 Å². The van der Waals surface area contributed by atoms with Gasteiger partial charge in [-0.15, -0.1) is 0 Å². The summed E-state index contributed by atoms with van der Waals surface area (Å²) in [7, 11) is 3.14. The summed E-state index contributed by atoms with van der Waals surface area (Å²) in [6.45, 7) is 1.24. The van der Waals surface area contributed by atoms with Crippen molar-refractivity contribution in [2.45, 2.75) is 25.3 Å². The minimum absolute atomic E-state index is 0.272. The number of hydrogen-bond donors (Lipinski definition) is 2. The molecule has 1 aliphatic carbocycles. The van der Waals surface area contributed by atoms with Gasteiger partial charge in [0.05, 0.1) is 19.9 Å². The van der Waals surface area contributed by atoms with Crippen LogP contribution in [0, 0.1) is 0 Å². The third-order valence-corrected chi connectivity index (χ3v) is 3.99. The van der Waals surface area contributed by atoms with E-state index in [1.807, 2.05) is 12.4 Å². The molecule has 128 valence electrons. The van der Waals surface area contributed by atoms with Gasteiger partial charge in [-0.05, 0) is 25.0 Å². The van der Waals surface area contributed by atoms with E-state index in [2.05, 4.69) is 20.2 Å². The number of urea groups is 1. The Kier molecular flexibility index (Phi) is 4.88. The third-order valence-electron chi connectivity index (χ3n) is 3.99. The largest absolute Gasteiger partial charge is 0.497 e. The molecule has 2 aromatic rings. The van der Waals surface area contributed by atoms with Crippen LogP contribution < -0.4 is 20.1 Å². The second-order valence-electron chi connectivity index (χ2n) is 5.70. The van der Waals surface area contributed by atoms with Crippen LogP contribution in [0.2, 0.25) is 0 Å². The molecule has 7 heteroatoms. The molecule has 1 aromatic carbocycles. The summed E-state index contributed by atoms with van der Waals surface area (Å²) in [5.41, 5.74) is 0.595. The SMILES string of the molecule is COc1ccc(NC(=O)NCCn2ccnc2C2CC2)c(OC)c1. The number of benzene rings is 1. The van der Waals surface area contributed by atoms with Crippen LogP contribution in [0.1, 0.15) is 24.6 Å². The Hall–Kier alpha value is -2.70. The smallest absolute Gasteiger partial charge is 0.319 e. The zero-order valence-electron chi connectivity index (χ0n) is 13.9. The lowest BCUT2D eigenvalue weighted by molar-refractivity contribution is 0.251. The number of carbonyl (C=O) groups is 1. The van der Waals surface area contributed by atoms with Gasteiger partial charge in [-0.25, -0.2) is 9.78 Å². The minimum Gasteiger partial charge on any atom is -0.497 e. The van der Waals surface area contributed by atoms with Crippen molar-refractivity contribution in [2.75, 3.05) is 26.1 Å². The van der Waals surface area contributed by atoms with Crippen LogP contribution >= 0.6 is 0 Å². The highest BCUT2D eigenvalue weighted by atomic mass is 16.5. The molecule has 2 N–H and O–H groups in total. The monoisotopic (exact) mass is 330 g/mol. The quantitative estimate of drug-likeness (QED) is 0.818. The van der Waals surface area contributed by atoms with Gasteiger partial charge in [-0.1, -0.05) is 0 Å². The van der Waals surface area contributed by atoms with E-state index in [-0.39, 0.29) is 6.03 Å². The van der Waals surface area contributed by atoms with E-state index in [1.54, 1.807) is 32.4 Å². The average Bonchev–Trinajstić information content (AvgIpc) is 3.34. The van der Waals surface area contributed by atoms with Gasteiger partial charge in [0.2, 0.25) is 0 Å². The molecule has 0 radical (unpaired) electrons. The fourth-order valence-corrected chi connectivity index (χ4v) is 2.57. The van der Waals surface area contributed by atoms with E-state index in [9.17, 15) is 4.79 Å². The molecule has 7 nitrogen and oxygen atoms in total. The van der Waals surface area contributed by atoms with Crippen molar-refractivity contribution < 1.29 is 14.3 Å². The fourth-order valence-electron chi connectivity index (χ4n) is 2.57. The van der Waals surface area contributed by atoms with Gasteiger partial charge in [-0.2, -0.15) is 0 Å². The Bertz CT molecular complexity index is 710. The van der Waals surface area contributed by atoms with E-state index in [1.165, 1.54) is 12.8 Å². The first kappa shape index (κ1) is 16.2. The highest BCUT2D eigenvalue weighted by Gasteiger charge is 2.27. The highest BCUT2D eigenvalue weighted by molar-refractivity contribution is 5.91. The standard InChI is InChI=1S/C17H22N4O3/c1-23-13-5-6-14(15(11-13)24-2)20-17(22)19-8-10-21-9-7-18-16(21)12-3-4-12/h5-7,9,11-12H,3-4,8,10H2,1-2H3,(H2,19,20,22). The Morgan fingerprint density at radius 2 is 2.17 bits per heavy atom. The predicted molar refractivity (Wildman–Crippen MR) is 90.8 cm³/mol. The molecule has 1 aliphatic rings. The predicted octanol–water partition coefficient (Wildman–Crippen LogP) is 2.60. The first-order valence-electron chi connectivity index (χ1n) is 7.99. The van der Waals surface area contributed by atoms with E-state index < -0.39 is 0 Å². The number of carbonyl (C=O) groups excluding carboxylic acids is 1.